The third-order valence-electron chi connectivity index (χ3n) is 7.33. The molecule has 40 heavy (non-hydrogen) atoms. The molecule has 0 saturated heterocycles. The van der Waals surface area contributed by atoms with E-state index < -0.39 is 18.3 Å². The molecule has 2 aromatic carbocycles. The molecule has 8 nitrogen and oxygen atoms in total. The second-order valence-electron chi connectivity index (χ2n) is 11.6. The summed E-state index contributed by atoms with van der Waals surface area (Å²) in [7, 11) is 0. The van der Waals surface area contributed by atoms with Crippen molar-refractivity contribution in [1.82, 2.24) is 20.0 Å². The lowest BCUT2D eigenvalue weighted by molar-refractivity contribution is 0.309. The zero-order chi connectivity index (χ0) is 28.7. The van der Waals surface area contributed by atoms with E-state index in [0.29, 0.717) is 63.5 Å². The fourth-order valence-electron chi connectivity index (χ4n) is 4.75. The van der Waals surface area contributed by atoms with Gasteiger partial charge in [-0.15, -0.1) is 5.10 Å². The van der Waals surface area contributed by atoms with E-state index in [1.807, 2.05) is 25.1 Å². The summed E-state index contributed by atoms with van der Waals surface area (Å²) in [5.74, 6) is 0. The second-order valence-corrected chi connectivity index (χ2v) is 12.0. The SMILES string of the molecule is Cc1c(C#N)cccc1C(Nc1cc(Cl)c2ncc(C#N)c(NCC(C)(C)C)c2c1)c1cn(C2(CF)CC2)nn1. The van der Waals surface area contributed by atoms with Gasteiger partial charge in [0.25, 0.3) is 0 Å². The molecule has 2 N–H and O–H groups in total. The van der Waals surface area contributed by atoms with Crippen molar-refractivity contribution in [3.05, 3.63) is 75.7 Å². The van der Waals surface area contributed by atoms with Crippen LogP contribution in [0.25, 0.3) is 10.9 Å². The highest BCUT2D eigenvalue weighted by atomic mass is 35.5. The predicted octanol–water partition coefficient (Wildman–Crippen LogP) is 6.65. The molecule has 0 spiro atoms. The molecule has 0 amide bonds. The number of nitriles is 2. The van der Waals surface area contributed by atoms with Crippen LogP contribution in [0.4, 0.5) is 15.8 Å². The van der Waals surface area contributed by atoms with Gasteiger partial charge in [0, 0.05) is 23.8 Å². The van der Waals surface area contributed by atoms with Crippen molar-refractivity contribution < 1.29 is 4.39 Å². The van der Waals surface area contributed by atoms with Crippen LogP contribution >= 0.6 is 11.6 Å². The first-order chi connectivity index (χ1) is 19.1. The Kier molecular flexibility index (Phi) is 7.12. The molecule has 1 aliphatic rings. The van der Waals surface area contributed by atoms with Crippen LogP contribution < -0.4 is 10.6 Å². The van der Waals surface area contributed by atoms with Crippen LogP contribution in [0.15, 0.2) is 42.7 Å². The Labute approximate surface area is 237 Å². The number of rotatable bonds is 8. The van der Waals surface area contributed by atoms with Gasteiger partial charge >= 0.3 is 0 Å². The first kappa shape index (κ1) is 27.4. The molecule has 5 rings (SSSR count). The smallest absolute Gasteiger partial charge is 0.115 e. The Bertz CT molecular complexity index is 1670. The van der Waals surface area contributed by atoms with E-state index in [2.05, 4.69) is 58.8 Å². The van der Waals surface area contributed by atoms with Crippen LogP contribution in [0, 0.1) is 35.0 Å². The van der Waals surface area contributed by atoms with Gasteiger partial charge in [-0.25, -0.2) is 9.07 Å². The molecule has 4 aromatic rings. The van der Waals surface area contributed by atoms with Crippen molar-refractivity contribution in [3.63, 3.8) is 0 Å². The van der Waals surface area contributed by atoms with Crippen molar-refractivity contribution in [2.24, 2.45) is 5.41 Å². The molecule has 0 bridgehead atoms. The van der Waals surface area contributed by atoms with Crippen molar-refractivity contribution in [3.8, 4) is 12.1 Å². The maximum atomic E-state index is 13.8. The number of benzene rings is 2. The first-order valence-corrected chi connectivity index (χ1v) is 13.5. The molecule has 1 fully saturated rings. The van der Waals surface area contributed by atoms with Gasteiger partial charge in [0.15, 0.2) is 0 Å². The third kappa shape index (κ3) is 5.17. The summed E-state index contributed by atoms with van der Waals surface area (Å²) >= 11 is 6.74. The largest absolute Gasteiger partial charge is 0.383 e. The zero-order valence-electron chi connectivity index (χ0n) is 22.9. The van der Waals surface area contributed by atoms with E-state index in [4.69, 9.17) is 11.6 Å². The zero-order valence-corrected chi connectivity index (χ0v) is 23.6. The van der Waals surface area contributed by atoms with Crippen LogP contribution in [-0.2, 0) is 5.54 Å². The highest BCUT2D eigenvalue weighted by Crippen LogP contribution is 2.44. The molecule has 1 atom stereocenters. The first-order valence-electron chi connectivity index (χ1n) is 13.1. The van der Waals surface area contributed by atoms with E-state index in [0.717, 1.165) is 11.1 Å². The summed E-state index contributed by atoms with van der Waals surface area (Å²) in [5, 5.41) is 36.3. The van der Waals surface area contributed by atoms with Crippen molar-refractivity contribution in [2.75, 3.05) is 23.9 Å². The number of hydrogen-bond donors (Lipinski definition) is 2. The normalized spacial score (nSPS) is 14.8. The van der Waals surface area contributed by atoms with E-state index in [-0.39, 0.29) is 5.41 Å². The second kappa shape index (κ2) is 10.4. The van der Waals surface area contributed by atoms with Gasteiger partial charge in [-0.2, -0.15) is 10.5 Å². The summed E-state index contributed by atoms with van der Waals surface area (Å²) in [5.41, 5.74) is 4.45. The molecule has 1 unspecified atom stereocenters. The van der Waals surface area contributed by atoms with Crippen molar-refractivity contribution in [2.45, 2.75) is 52.1 Å². The van der Waals surface area contributed by atoms with E-state index in [9.17, 15) is 14.9 Å². The number of alkyl halides is 1. The molecule has 10 heteroatoms. The number of nitrogens with one attached hydrogen (secondary N) is 2. The van der Waals surface area contributed by atoms with Gasteiger partial charge in [-0.05, 0) is 54.5 Å². The standard InChI is InChI=1S/C30H30ClFN8/c1-18-19(12-33)6-5-7-22(18)28(25-15-40(39-38-25)30(16-32)8-9-30)37-21-10-23-26(36-17-29(2,3)4)20(13-34)14-35-27(23)24(31)11-21/h5-7,10-11,14-15,28,37H,8-9,16-17H2,1-4H3,(H,35,36). The van der Waals surface area contributed by atoms with Crippen LogP contribution in [0.1, 0.15) is 67.6 Å². The Morgan fingerprint density at radius 2 is 1.93 bits per heavy atom. The van der Waals surface area contributed by atoms with E-state index in [1.54, 1.807) is 23.0 Å². The van der Waals surface area contributed by atoms with Gasteiger partial charge in [0.2, 0.25) is 0 Å². The molecular formula is C30H30ClFN8. The average molecular weight is 557 g/mol. The number of nitrogens with zero attached hydrogens (tertiary/aromatic N) is 6. The fourth-order valence-corrected chi connectivity index (χ4v) is 5.01. The molecular weight excluding hydrogens is 527 g/mol. The monoisotopic (exact) mass is 556 g/mol. The highest BCUT2D eigenvalue weighted by molar-refractivity contribution is 6.35. The number of halogens is 2. The molecule has 204 valence electrons. The minimum Gasteiger partial charge on any atom is -0.383 e. The summed E-state index contributed by atoms with van der Waals surface area (Å²) < 4.78 is 15.4. The summed E-state index contributed by atoms with van der Waals surface area (Å²) in [6.07, 6.45) is 4.73. The number of fused-ring (bicyclic) bond motifs is 1. The van der Waals surface area contributed by atoms with Crippen molar-refractivity contribution >= 4 is 33.9 Å². The maximum absolute atomic E-state index is 13.8. The molecule has 0 aliphatic heterocycles. The third-order valence-corrected chi connectivity index (χ3v) is 7.62. The Hall–Kier alpha value is -4.21. The topological polar surface area (TPSA) is 115 Å². The van der Waals surface area contributed by atoms with Crippen LogP contribution in [0.3, 0.4) is 0 Å². The fraction of sp³-hybridized carbons (Fsp3) is 0.367. The van der Waals surface area contributed by atoms with Gasteiger partial charge < -0.3 is 10.6 Å². The molecule has 0 radical (unpaired) electrons. The maximum Gasteiger partial charge on any atom is 0.115 e. The Morgan fingerprint density at radius 1 is 1.18 bits per heavy atom. The predicted molar refractivity (Wildman–Crippen MR) is 154 cm³/mol. The Morgan fingerprint density at radius 3 is 2.58 bits per heavy atom. The van der Waals surface area contributed by atoms with Gasteiger partial charge in [-0.1, -0.05) is 49.7 Å². The lowest BCUT2D eigenvalue weighted by Gasteiger charge is -2.23. The number of hydrogen-bond acceptors (Lipinski definition) is 7. The molecule has 2 aromatic heterocycles. The summed E-state index contributed by atoms with van der Waals surface area (Å²) in [4.78, 5) is 4.46. The Balaban J connectivity index is 1.62. The van der Waals surface area contributed by atoms with Crippen LogP contribution in [-0.4, -0.2) is 33.2 Å². The van der Waals surface area contributed by atoms with Gasteiger partial charge in [0.1, 0.15) is 18.4 Å². The molecule has 1 aliphatic carbocycles. The lowest BCUT2D eigenvalue weighted by Crippen LogP contribution is -2.20. The van der Waals surface area contributed by atoms with Crippen LogP contribution in [0.5, 0.6) is 0 Å². The van der Waals surface area contributed by atoms with E-state index >= 15 is 0 Å². The minimum atomic E-state index is -0.626. The van der Waals surface area contributed by atoms with Gasteiger partial charge in [-0.3, -0.25) is 4.98 Å². The number of anilines is 2. The number of aromatic nitrogens is 4. The number of pyridine rings is 1. The van der Waals surface area contributed by atoms with Gasteiger partial charge in [0.05, 0.1) is 51.2 Å². The molecule has 2 heterocycles. The minimum absolute atomic E-state index is 0.0271. The highest BCUT2D eigenvalue weighted by Gasteiger charge is 2.46. The molecule has 1 saturated carbocycles. The van der Waals surface area contributed by atoms with Crippen molar-refractivity contribution in [1.29, 1.82) is 10.5 Å². The van der Waals surface area contributed by atoms with Crippen LogP contribution in [0.2, 0.25) is 5.02 Å². The lowest BCUT2D eigenvalue weighted by atomic mass is 9.95. The van der Waals surface area contributed by atoms with E-state index in [1.165, 1.54) is 6.20 Å². The average Bonchev–Trinajstić information content (AvgIpc) is 3.57. The summed E-state index contributed by atoms with van der Waals surface area (Å²) in [6.45, 7) is 8.36. The summed E-state index contributed by atoms with van der Waals surface area (Å²) in [6, 6.07) is 13.2. The quantitative estimate of drug-likeness (QED) is 0.249.